The van der Waals surface area contributed by atoms with Gasteiger partial charge in [0, 0.05) is 32.7 Å². The second kappa shape index (κ2) is 6.58. The van der Waals surface area contributed by atoms with E-state index in [0.717, 1.165) is 31.7 Å². The average molecular weight is 290 g/mol. The molecule has 1 aromatic carbocycles. The lowest BCUT2D eigenvalue weighted by Crippen LogP contribution is -2.52. The molecule has 0 aromatic heterocycles. The summed E-state index contributed by atoms with van der Waals surface area (Å²) in [4.78, 5) is 16.5. The first-order valence-electron chi connectivity index (χ1n) is 7.61. The van der Waals surface area contributed by atoms with Gasteiger partial charge in [0.25, 0.3) is 0 Å². The van der Waals surface area contributed by atoms with E-state index in [1.165, 1.54) is 5.56 Å². The summed E-state index contributed by atoms with van der Waals surface area (Å²) in [6, 6.07) is 8.13. The lowest BCUT2D eigenvalue weighted by molar-refractivity contribution is -0.132. The third kappa shape index (κ3) is 5.14. The van der Waals surface area contributed by atoms with E-state index in [4.69, 9.17) is 0 Å². The maximum Gasteiger partial charge on any atom is 0.227 e. The van der Waals surface area contributed by atoms with Crippen molar-refractivity contribution < 1.29 is 9.90 Å². The number of aliphatic hydroxyl groups is 1. The van der Waals surface area contributed by atoms with Crippen LogP contribution in [0.1, 0.15) is 25.0 Å². The maximum atomic E-state index is 12.3. The number of nitrogens with zero attached hydrogens (tertiary/aromatic N) is 2. The van der Waals surface area contributed by atoms with Crippen LogP contribution in [-0.4, -0.2) is 59.1 Å². The Kier molecular flexibility index (Phi) is 5.01. The van der Waals surface area contributed by atoms with Gasteiger partial charge in [-0.1, -0.05) is 29.8 Å². The largest absolute Gasteiger partial charge is 0.389 e. The molecule has 4 heteroatoms. The zero-order valence-electron chi connectivity index (χ0n) is 13.3. The van der Waals surface area contributed by atoms with Gasteiger partial charge in [-0.05, 0) is 26.3 Å². The highest BCUT2D eigenvalue weighted by Crippen LogP contribution is 2.11. The van der Waals surface area contributed by atoms with E-state index >= 15 is 0 Å². The average Bonchev–Trinajstić information content (AvgIpc) is 2.37. The van der Waals surface area contributed by atoms with Gasteiger partial charge in [-0.2, -0.15) is 0 Å². The fourth-order valence-corrected chi connectivity index (χ4v) is 2.81. The number of β-amino-alcohol motifs (C(OH)–C–C–N with tert-alkyl or cyclic N) is 1. The van der Waals surface area contributed by atoms with Crippen molar-refractivity contribution in [2.75, 3.05) is 32.7 Å². The van der Waals surface area contributed by atoms with Crippen molar-refractivity contribution in [1.29, 1.82) is 0 Å². The zero-order chi connectivity index (χ0) is 15.5. The first kappa shape index (κ1) is 16.0. The van der Waals surface area contributed by atoms with Gasteiger partial charge in [0.1, 0.15) is 0 Å². The maximum absolute atomic E-state index is 12.3. The second-order valence-corrected chi connectivity index (χ2v) is 6.64. The number of rotatable bonds is 4. The fourth-order valence-electron chi connectivity index (χ4n) is 2.81. The molecule has 0 spiro atoms. The molecule has 0 atom stereocenters. The minimum absolute atomic E-state index is 0.198. The van der Waals surface area contributed by atoms with Gasteiger partial charge < -0.3 is 10.0 Å². The summed E-state index contributed by atoms with van der Waals surface area (Å²) in [7, 11) is 0. The van der Waals surface area contributed by atoms with Crippen LogP contribution in [0.25, 0.3) is 0 Å². The lowest BCUT2D eigenvalue weighted by atomic mass is 10.1. The molecule has 4 nitrogen and oxygen atoms in total. The summed E-state index contributed by atoms with van der Waals surface area (Å²) >= 11 is 0. The van der Waals surface area contributed by atoms with E-state index in [9.17, 15) is 9.90 Å². The van der Waals surface area contributed by atoms with Crippen LogP contribution in [0.2, 0.25) is 0 Å². The second-order valence-electron chi connectivity index (χ2n) is 6.64. The molecule has 0 radical (unpaired) electrons. The minimum Gasteiger partial charge on any atom is -0.389 e. The first-order chi connectivity index (χ1) is 9.83. The van der Waals surface area contributed by atoms with Gasteiger partial charge in [0.05, 0.1) is 12.0 Å². The highest BCUT2D eigenvalue weighted by molar-refractivity contribution is 5.78. The fraction of sp³-hybridized carbons (Fsp3) is 0.588. The normalized spacial score (nSPS) is 17.0. The molecule has 1 fully saturated rings. The number of aryl methyl sites for hydroxylation is 1. The van der Waals surface area contributed by atoms with Crippen LogP contribution in [0.15, 0.2) is 24.3 Å². The van der Waals surface area contributed by atoms with Gasteiger partial charge in [-0.3, -0.25) is 9.69 Å². The van der Waals surface area contributed by atoms with Gasteiger partial charge in [-0.15, -0.1) is 0 Å². The van der Waals surface area contributed by atoms with Crippen molar-refractivity contribution in [3.63, 3.8) is 0 Å². The van der Waals surface area contributed by atoms with Gasteiger partial charge >= 0.3 is 0 Å². The Hall–Kier alpha value is -1.39. The molecule has 1 aliphatic heterocycles. The monoisotopic (exact) mass is 290 g/mol. The van der Waals surface area contributed by atoms with Crippen LogP contribution in [-0.2, 0) is 11.2 Å². The molecule has 0 aliphatic carbocycles. The highest BCUT2D eigenvalue weighted by Gasteiger charge is 2.24. The summed E-state index contributed by atoms with van der Waals surface area (Å²) < 4.78 is 0. The van der Waals surface area contributed by atoms with Crippen molar-refractivity contribution >= 4 is 5.91 Å². The predicted octanol–water partition coefficient (Wildman–Crippen LogP) is 1.45. The number of carbonyl (C=O) groups is 1. The van der Waals surface area contributed by atoms with Crippen molar-refractivity contribution in [2.24, 2.45) is 0 Å². The molecule has 116 valence electrons. The van der Waals surface area contributed by atoms with E-state index in [0.29, 0.717) is 13.0 Å². The van der Waals surface area contributed by atoms with E-state index in [1.54, 1.807) is 0 Å². The Bertz CT molecular complexity index is 486. The topological polar surface area (TPSA) is 43.8 Å². The predicted molar refractivity (Wildman–Crippen MR) is 84.2 cm³/mol. The van der Waals surface area contributed by atoms with Crippen LogP contribution < -0.4 is 0 Å². The van der Waals surface area contributed by atoms with E-state index in [2.05, 4.69) is 11.0 Å². The highest BCUT2D eigenvalue weighted by atomic mass is 16.3. The third-order valence-corrected chi connectivity index (χ3v) is 3.77. The Morgan fingerprint density at radius 2 is 1.90 bits per heavy atom. The molecule has 1 aliphatic rings. The van der Waals surface area contributed by atoms with Crippen LogP contribution >= 0.6 is 0 Å². The number of piperazine rings is 1. The van der Waals surface area contributed by atoms with Crippen molar-refractivity contribution in [1.82, 2.24) is 9.80 Å². The first-order valence-corrected chi connectivity index (χ1v) is 7.61. The smallest absolute Gasteiger partial charge is 0.227 e. The number of hydrogen-bond acceptors (Lipinski definition) is 3. The summed E-state index contributed by atoms with van der Waals surface area (Å²) in [6.07, 6.45) is 0.479. The van der Waals surface area contributed by atoms with Crippen molar-refractivity contribution in [3.05, 3.63) is 35.4 Å². The molecule has 1 N–H and O–H groups in total. The van der Waals surface area contributed by atoms with Gasteiger partial charge in [0.2, 0.25) is 5.91 Å². The Labute approximate surface area is 127 Å². The number of hydrogen-bond donors (Lipinski definition) is 1. The van der Waals surface area contributed by atoms with Crippen LogP contribution in [0.4, 0.5) is 0 Å². The number of amides is 1. The van der Waals surface area contributed by atoms with Gasteiger partial charge in [0.15, 0.2) is 0 Å². The SMILES string of the molecule is Cc1cccc(CC(=O)N2CCN(CC(C)(C)O)CC2)c1. The zero-order valence-corrected chi connectivity index (χ0v) is 13.3. The molecular weight excluding hydrogens is 264 g/mol. The molecule has 0 unspecified atom stereocenters. The summed E-state index contributed by atoms with van der Waals surface area (Å²) in [6.45, 7) is 9.52. The van der Waals surface area contributed by atoms with E-state index in [1.807, 2.05) is 43.9 Å². The molecule has 21 heavy (non-hydrogen) atoms. The molecule has 0 saturated carbocycles. The Morgan fingerprint density at radius 3 is 2.48 bits per heavy atom. The molecule has 1 heterocycles. The molecule has 2 rings (SSSR count). The van der Waals surface area contributed by atoms with E-state index in [-0.39, 0.29) is 5.91 Å². The van der Waals surface area contributed by atoms with Crippen LogP contribution in [0.3, 0.4) is 0 Å². The molecule has 1 aromatic rings. The van der Waals surface area contributed by atoms with E-state index < -0.39 is 5.60 Å². The number of benzene rings is 1. The standard InChI is InChI=1S/C17H26N2O2/c1-14-5-4-6-15(11-14)12-16(20)19-9-7-18(8-10-19)13-17(2,3)21/h4-6,11,21H,7-10,12-13H2,1-3H3. The summed E-state index contributed by atoms with van der Waals surface area (Å²) in [5, 5.41) is 9.84. The van der Waals surface area contributed by atoms with Crippen molar-refractivity contribution in [3.8, 4) is 0 Å². The minimum atomic E-state index is -0.673. The third-order valence-electron chi connectivity index (χ3n) is 3.77. The quantitative estimate of drug-likeness (QED) is 0.913. The Balaban J connectivity index is 1.83. The van der Waals surface area contributed by atoms with Crippen molar-refractivity contribution in [2.45, 2.75) is 32.8 Å². The molecule has 0 bridgehead atoms. The molecule has 1 saturated heterocycles. The molecule has 1 amide bonds. The Morgan fingerprint density at radius 1 is 1.24 bits per heavy atom. The number of carbonyl (C=O) groups excluding carboxylic acids is 1. The van der Waals surface area contributed by atoms with Crippen LogP contribution in [0.5, 0.6) is 0 Å². The van der Waals surface area contributed by atoms with Crippen LogP contribution in [0, 0.1) is 6.92 Å². The lowest BCUT2D eigenvalue weighted by Gasteiger charge is -2.37. The summed E-state index contributed by atoms with van der Waals surface area (Å²) in [5.74, 6) is 0.198. The van der Waals surface area contributed by atoms with Gasteiger partial charge in [-0.25, -0.2) is 0 Å². The molecular formula is C17H26N2O2. The summed E-state index contributed by atoms with van der Waals surface area (Å²) in [5.41, 5.74) is 1.60.